The molecule has 0 amide bonds. The number of nitriles is 2. The molecule has 1 rings (SSSR count). The summed E-state index contributed by atoms with van der Waals surface area (Å²) in [5, 5.41) is 17.4. The first kappa shape index (κ1) is 16.3. The van der Waals surface area contributed by atoms with E-state index in [0.717, 1.165) is 4.31 Å². The number of nitrogens with zero attached hydrogens (tertiary/aromatic N) is 3. The smallest absolute Gasteiger partial charge is 0.243 e. The highest BCUT2D eigenvalue weighted by atomic mass is 35.5. The molecule has 20 heavy (non-hydrogen) atoms. The van der Waals surface area contributed by atoms with Gasteiger partial charge in [0.15, 0.2) is 0 Å². The lowest BCUT2D eigenvalue weighted by atomic mass is 10.3. The van der Waals surface area contributed by atoms with E-state index in [-0.39, 0.29) is 41.5 Å². The van der Waals surface area contributed by atoms with E-state index in [9.17, 15) is 8.42 Å². The molecule has 0 atom stereocenters. The van der Waals surface area contributed by atoms with Gasteiger partial charge in [0, 0.05) is 25.9 Å². The second-order valence-electron chi connectivity index (χ2n) is 3.90. The number of anilines is 1. The van der Waals surface area contributed by atoms with Gasteiger partial charge in [-0.15, -0.1) is 0 Å². The van der Waals surface area contributed by atoms with Gasteiger partial charge in [-0.25, -0.2) is 8.42 Å². The van der Waals surface area contributed by atoms with Crippen LogP contribution in [0.25, 0.3) is 0 Å². The summed E-state index contributed by atoms with van der Waals surface area (Å²) in [5.41, 5.74) is 5.76. The molecule has 8 heteroatoms. The van der Waals surface area contributed by atoms with Crippen LogP contribution in [0.1, 0.15) is 12.8 Å². The highest BCUT2D eigenvalue weighted by molar-refractivity contribution is 7.89. The number of sulfonamides is 1. The Balaban J connectivity index is 3.11. The van der Waals surface area contributed by atoms with E-state index in [1.807, 2.05) is 12.1 Å². The van der Waals surface area contributed by atoms with Gasteiger partial charge in [0.25, 0.3) is 0 Å². The molecular formula is C12H13ClN4O2S. The zero-order chi connectivity index (χ0) is 15.2. The van der Waals surface area contributed by atoms with E-state index >= 15 is 0 Å². The van der Waals surface area contributed by atoms with E-state index in [1.54, 1.807) is 0 Å². The molecule has 1 aromatic carbocycles. The lowest BCUT2D eigenvalue weighted by Gasteiger charge is -2.20. The standard InChI is InChI=1S/C12H13ClN4O2S/c13-11-4-3-10(9-12(11)16)20(18,19)17(7-1-5-14)8-2-6-15/h3-4,9H,1-2,7-8,16H2. The van der Waals surface area contributed by atoms with Crippen LogP contribution in [0.5, 0.6) is 0 Å². The van der Waals surface area contributed by atoms with Gasteiger partial charge >= 0.3 is 0 Å². The van der Waals surface area contributed by atoms with Crippen molar-refractivity contribution < 1.29 is 8.42 Å². The molecule has 0 bridgehead atoms. The van der Waals surface area contributed by atoms with Crippen molar-refractivity contribution in [1.29, 1.82) is 10.5 Å². The topological polar surface area (TPSA) is 111 Å². The Morgan fingerprint density at radius 1 is 1.20 bits per heavy atom. The van der Waals surface area contributed by atoms with Gasteiger partial charge in [0.05, 0.1) is 27.7 Å². The number of benzene rings is 1. The predicted molar refractivity (Wildman–Crippen MR) is 75.1 cm³/mol. The minimum absolute atomic E-state index is 0.00437. The number of halogens is 1. The van der Waals surface area contributed by atoms with Crippen LogP contribution in [0.4, 0.5) is 5.69 Å². The Hall–Kier alpha value is -1.80. The summed E-state index contributed by atoms with van der Waals surface area (Å²) in [4.78, 5) is -0.00437. The third-order valence-corrected chi connectivity index (χ3v) is 4.79. The van der Waals surface area contributed by atoms with Crippen molar-refractivity contribution in [3.8, 4) is 12.1 Å². The summed E-state index contributed by atoms with van der Waals surface area (Å²) in [6.07, 6.45) is 0.0987. The molecule has 0 aromatic heterocycles. The maximum atomic E-state index is 12.4. The Kier molecular flexibility index (Phi) is 5.78. The fraction of sp³-hybridized carbons (Fsp3) is 0.333. The average Bonchev–Trinajstić information content (AvgIpc) is 2.41. The Morgan fingerprint density at radius 3 is 2.20 bits per heavy atom. The van der Waals surface area contributed by atoms with Crippen molar-refractivity contribution in [1.82, 2.24) is 4.31 Å². The van der Waals surface area contributed by atoms with Crippen molar-refractivity contribution in [2.24, 2.45) is 0 Å². The Labute approximate surface area is 123 Å². The van der Waals surface area contributed by atoms with Gasteiger partial charge in [-0.05, 0) is 18.2 Å². The zero-order valence-corrected chi connectivity index (χ0v) is 12.2. The van der Waals surface area contributed by atoms with Crippen LogP contribution < -0.4 is 5.73 Å². The molecule has 0 aliphatic rings. The molecule has 1 aromatic rings. The fourth-order valence-corrected chi connectivity index (χ4v) is 3.13. The third-order valence-electron chi connectivity index (χ3n) is 2.55. The average molecular weight is 313 g/mol. The minimum Gasteiger partial charge on any atom is -0.397 e. The molecule has 0 saturated heterocycles. The highest BCUT2D eigenvalue weighted by Gasteiger charge is 2.24. The van der Waals surface area contributed by atoms with Crippen molar-refractivity contribution in [2.45, 2.75) is 17.7 Å². The molecular weight excluding hydrogens is 300 g/mol. The number of nitrogens with two attached hydrogens (primary N) is 1. The summed E-state index contributed by atoms with van der Waals surface area (Å²) in [6, 6.07) is 7.78. The summed E-state index contributed by atoms with van der Waals surface area (Å²) >= 11 is 5.76. The predicted octanol–water partition coefficient (Wildman–Crippen LogP) is 1.74. The first-order chi connectivity index (χ1) is 9.43. The van der Waals surface area contributed by atoms with Crippen LogP contribution in [0, 0.1) is 22.7 Å². The molecule has 0 aliphatic carbocycles. The van der Waals surface area contributed by atoms with Crippen LogP contribution in [0.2, 0.25) is 5.02 Å². The van der Waals surface area contributed by atoms with Gasteiger partial charge in [-0.3, -0.25) is 0 Å². The van der Waals surface area contributed by atoms with Crippen LogP contribution in [0.15, 0.2) is 23.1 Å². The minimum atomic E-state index is -3.79. The molecule has 0 aliphatic heterocycles. The number of hydrogen-bond donors (Lipinski definition) is 1. The second-order valence-corrected chi connectivity index (χ2v) is 6.25. The molecule has 106 valence electrons. The van der Waals surface area contributed by atoms with E-state index in [2.05, 4.69) is 0 Å². The first-order valence-electron chi connectivity index (χ1n) is 5.72. The lowest BCUT2D eigenvalue weighted by Crippen LogP contribution is -2.32. The number of nitrogen functional groups attached to an aromatic ring is 1. The van der Waals surface area contributed by atoms with E-state index < -0.39 is 10.0 Å². The molecule has 0 saturated carbocycles. The van der Waals surface area contributed by atoms with Gasteiger partial charge in [0.2, 0.25) is 10.0 Å². The number of hydrogen-bond acceptors (Lipinski definition) is 5. The summed E-state index contributed by atoms with van der Waals surface area (Å²) < 4.78 is 25.9. The van der Waals surface area contributed by atoms with Crippen molar-refractivity contribution in [2.75, 3.05) is 18.8 Å². The molecule has 0 unspecified atom stereocenters. The normalized spacial score (nSPS) is 11.0. The van der Waals surface area contributed by atoms with Crippen LogP contribution >= 0.6 is 11.6 Å². The van der Waals surface area contributed by atoms with Crippen LogP contribution in [-0.4, -0.2) is 25.8 Å². The van der Waals surface area contributed by atoms with E-state index in [1.165, 1.54) is 18.2 Å². The molecule has 2 N–H and O–H groups in total. The van der Waals surface area contributed by atoms with Gasteiger partial charge in [0.1, 0.15) is 0 Å². The summed E-state index contributed by atoms with van der Waals surface area (Å²) in [7, 11) is -3.79. The maximum absolute atomic E-state index is 12.4. The molecule has 0 fully saturated rings. The van der Waals surface area contributed by atoms with E-state index in [4.69, 9.17) is 27.9 Å². The Morgan fingerprint density at radius 2 is 1.75 bits per heavy atom. The molecule has 6 nitrogen and oxygen atoms in total. The van der Waals surface area contributed by atoms with Crippen LogP contribution in [-0.2, 0) is 10.0 Å². The van der Waals surface area contributed by atoms with Crippen molar-refractivity contribution in [3.63, 3.8) is 0 Å². The third kappa shape index (κ3) is 3.84. The van der Waals surface area contributed by atoms with Gasteiger partial charge < -0.3 is 5.73 Å². The van der Waals surface area contributed by atoms with Gasteiger partial charge in [-0.1, -0.05) is 11.6 Å². The maximum Gasteiger partial charge on any atom is 0.243 e. The lowest BCUT2D eigenvalue weighted by molar-refractivity contribution is 0.425. The summed E-state index contributed by atoms with van der Waals surface area (Å²) in [5.74, 6) is 0. The Bertz CT molecular complexity index is 643. The fourth-order valence-electron chi connectivity index (χ4n) is 1.53. The summed E-state index contributed by atoms with van der Waals surface area (Å²) in [6.45, 7) is 0.0616. The van der Waals surface area contributed by atoms with Crippen molar-refractivity contribution >= 4 is 27.3 Å². The van der Waals surface area contributed by atoms with Gasteiger partial charge in [-0.2, -0.15) is 14.8 Å². The highest BCUT2D eigenvalue weighted by Crippen LogP contribution is 2.24. The second kappa shape index (κ2) is 7.11. The van der Waals surface area contributed by atoms with Crippen LogP contribution in [0.3, 0.4) is 0 Å². The largest absolute Gasteiger partial charge is 0.397 e. The quantitative estimate of drug-likeness (QED) is 0.804. The van der Waals surface area contributed by atoms with E-state index in [0.29, 0.717) is 0 Å². The monoisotopic (exact) mass is 312 g/mol. The first-order valence-corrected chi connectivity index (χ1v) is 7.54. The SMILES string of the molecule is N#CCCN(CCC#N)S(=O)(=O)c1ccc(Cl)c(N)c1. The molecule has 0 spiro atoms. The molecule has 0 radical (unpaired) electrons. The molecule has 0 heterocycles. The number of rotatable bonds is 6. The zero-order valence-electron chi connectivity index (χ0n) is 10.6. The van der Waals surface area contributed by atoms with Crippen molar-refractivity contribution in [3.05, 3.63) is 23.2 Å².